The molecule has 0 aliphatic rings. The van der Waals surface area contributed by atoms with E-state index in [1.165, 1.54) is 0 Å². The molecule has 0 amide bonds. The largest absolute Gasteiger partial charge is 3.00 e. The minimum atomic E-state index is 0. The van der Waals surface area contributed by atoms with E-state index >= 15 is 0 Å². The monoisotopic (exact) mass is 167 g/mol. The second-order valence-electron chi connectivity index (χ2n) is 0. The fraction of sp³-hybridized carbons (Fsp3) is 0. The van der Waals surface area contributed by atoms with Crippen LogP contribution in [0.4, 0.5) is 0 Å². The molecule has 0 rings (SSSR count). The Hall–Kier alpha value is -0.150. The van der Waals surface area contributed by atoms with E-state index in [4.69, 9.17) is 23.7 Å². The number of hydrogen-bond donors (Lipinski definition) is 0. The number of rotatable bonds is 0. The van der Waals surface area contributed by atoms with Crippen LogP contribution in [0.5, 0.6) is 0 Å². The number of hydrogen-bond acceptors (Lipinski definition) is 2. The first-order valence-corrected chi connectivity index (χ1v) is 0.447. The van der Waals surface area contributed by atoms with Gasteiger partial charge in [0.1, 0.15) is 0 Å². The van der Waals surface area contributed by atoms with Crippen LogP contribution in [0.15, 0.2) is 0 Å². The molecule has 0 heterocycles. The average Bonchev–Trinajstić information content (AvgIpc) is 1.50. The van der Waals surface area contributed by atoms with Gasteiger partial charge in [0.15, 0.2) is 0 Å². The molecule has 0 radical (unpaired) electrons. The summed E-state index contributed by atoms with van der Waals surface area (Å²) in [6, 6.07) is 0. The van der Waals surface area contributed by atoms with E-state index in [0.717, 1.165) is 0 Å². The van der Waals surface area contributed by atoms with Crippen LogP contribution in [0.1, 0.15) is 0 Å². The topological polar surface area (TPSA) is 47.6 Å². The van der Waals surface area contributed by atoms with Gasteiger partial charge in [0.05, 0.1) is 0 Å². The second-order valence-corrected chi connectivity index (χ2v) is 0. The summed E-state index contributed by atoms with van der Waals surface area (Å²) in [6.45, 7) is 9.50. The SMILES string of the molecule is [C-]#N.[C-]#N.[In+3]. The molecular formula is C2InN2+. The molecule has 0 aromatic rings. The summed E-state index contributed by atoms with van der Waals surface area (Å²) in [4.78, 5) is 0. The van der Waals surface area contributed by atoms with Crippen molar-refractivity contribution in [2.45, 2.75) is 0 Å². The van der Waals surface area contributed by atoms with Gasteiger partial charge in [-0.2, -0.15) is 0 Å². The van der Waals surface area contributed by atoms with Crippen LogP contribution in [0, 0.1) is 23.7 Å². The van der Waals surface area contributed by atoms with Crippen molar-refractivity contribution in [1.82, 2.24) is 0 Å². The van der Waals surface area contributed by atoms with Gasteiger partial charge in [-0.25, -0.2) is 0 Å². The predicted molar refractivity (Wildman–Crippen MR) is 15.7 cm³/mol. The standard InChI is InChI=1S/2CN.In/c2*1-2;/q2*-1;+3. The van der Waals surface area contributed by atoms with Gasteiger partial charge < -0.3 is 23.7 Å². The fourth-order valence-electron chi connectivity index (χ4n) is 0. The first-order chi connectivity index (χ1) is 2.00. The van der Waals surface area contributed by atoms with Gasteiger partial charge in [0.25, 0.3) is 0 Å². The minimum absolute atomic E-state index is 0. The Kier molecular flexibility index (Phi) is 5850. The van der Waals surface area contributed by atoms with Crippen molar-refractivity contribution in [2.24, 2.45) is 0 Å². The van der Waals surface area contributed by atoms with Crippen LogP contribution in [0.25, 0.3) is 0 Å². The van der Waals surface area contributed by atoms with Crippen LogP contribution in [-0.2, 0) is 0 Å². The van der Waals surface area contributed by atoms with E-state index in [-0.39, 0.29) is 25.8 Å². The third-order valence-electron chi connectivity index (χ3n) is 0. The molecule has 0 fully saturated rings. The summed E-state index contributed by atoms with van der Waals surface area (Å²) in [5, 5.41) is 12.5. The molecule has 0 aliphatic heterocycles. The zero-order valence-corrected chi connectivity index (χ0v) is 5.77. The van der Waals surface area contributed by atoms with Crippen LogP contribution >= 0.6 is 0 Å². The smallest absolute Gasteiger partial charge is 0.512 e. The van der Waals surface area contributed by atoms with E-state index in [2.05, 4.69) is 0 Å². The molecule has 0 bridgehead atoms. The van der Waals surface area contributed by atoms with Crippen LogP contribution in [0.2, 0.25) is 0 Å². The Morgan fingerprint density at radius 2 is 0.800 bits per heavy atom. The molecule has 0 N–H and O–H groups in total. The van der Waals surface area contributed by atoms with Gasteiger partial charge in [-0.1, -0.05) is 0 Å². The van der Waals surface area contributed by atoms with Crippen molar-refractivity contribution in [3.05, 3.63) is 13.1 Å². The van der Waals surface area contributed by atoms with Crippen molar-refractivity contribution in [2.75, 3.05) is 0 Å². The van der Waals surface area contributed by atoms with Gasteiger partial charge in [0, 0.05) is 0 Å². The van der Waals surface area contributed by atoms with Gasteiger partial charge in [0.2, 0.25) is 0 Å². The maximum Gasteiger partial charge on any atom is 3.00 e. The molecule has 3 heteroatoms. The molecule has 0 aromatic carbocycles. The zero-order valence-electron chi connectivity index (χ0n) is 2.47. The molecule has 0 atom stereocenters. The Bertz CT molecular complexity index is 23.1. The average molecular weight is 167 g/mol. The summed E-state index contributed by atoms with van der Waals surface area (Å²) in [5.41, 5.74) is 0. The fourth-order valence-corrected chi connectivity index (χ4v) is 0. The maximum atomic E-state index is 6.25. The molecule has 0 unspecified atom stereocenters. The first kappa shape index (κ1) is 21.0. The molecule has 5 heavy (non-hydrogen) atoms. The van der Waals surface area contributed by atoms with Crippen molar-refractivity contribution in [3.63, 3.8) is 0 Å². The minimum Gasteiger partial charge on any atom is -0.512 e. The summed E-state index contributed by atoms with van der Waals surface area (Å²) < 4.78 is 0. The zero-order chi connectivity index (χ0) is 4.00. The Morgan fingerprint density at radius 1 is 0.800 bits per heavy atom. The van der Waals surface area contributed by atoms with E-state index in [9.17, 15) is 0 Å². The summed E-state index contributed by atoms with van der Waals surface area (Å²) >= 11 is 0. The van der Waals surface area contributed by atoms with Gasteiger partial charge in [-0.05, 0) is 0 Å². The van der Waals surface area contributed by atoms with Gasteiger partial charge in [-0.3, -0.25) is 0 Å². The maximum absolute atomic E-state index is 6.25. The molecule has 0 saturated heterocycles. The normalized spacial score (nSPS) is 0.800. The summed E-state index contributed by atoms with van der Waals surface area (Å²) in [7, 11) is 0. The van der Waals surface area contributed by atoms with E-state index in [1.54, 1.807) is 0 Å². The first-order valence-electron chi connectivity index (χ1n) is 0.447. The van der Waals surface area contributed by atoms with Crippen molar-refractivity contribution >= 4 is 25.8 Å². The van der Waals surface area contributed by atoms with Crippen molar-refractivity contribution in [3.8, 4) is 0 Å². The molecule has 2 nitrogen and oxygen atoms in total. The third-order valence-corrected chi connectivity index (χ3v) is 0. The van der Waals surface area contributed by atoms with Crippen LogP contribution in [0.3, 0.4) is 0 Å². The molecule has 0 spiro atoms. The molecule has 0 aromatic heterocycles. The molecule has 20 valence electrons. The predicted octanol–water partition coefficient (Wildman–Crippen LogP) is -0.188. The second kappa shape index (κ2) is 1390. The Balaban J connectivity index is -0.0000000133. The van der Waals surface area contributed by atoms with Crippen molar-refractivity contribution < 1.29 is 0 Å². The summed E-state index contributed by atoms with van der Waals surface area (Å²) in [5.74, 6) is 0. The van der Waals surface area contributed by atoms with Gasteiger partial charge >= 0.3 is 25.8 Å². The van der Waals surface area contributed by atoms with E-state index < -0.39 is 0 Å². The van der Waals surface area contributed by atoms with E-state index in [1.807, 2.05) is 0 Å². The third kappa shape index (κ3) is 587. The van der Waals surface area contributed by atoms with E-state index in [0.29, 0.717) is 0 Å². The Morgan fingerprint density at radius 3 is 0.800 bits per heavy atom. The number of nitrogens with zero attached hydrogens (tertiary/aromatic N) is 2. The molecule has 0 saturated carbocycles. The van der Waals surface area contributed by atoms with Gasteiger partial charge in [-0.15, -0.1) is 0 Å². The van der Waals surface area contributed by atoms with Crippen LogP contribution in [-0.4, -0.2) is 25.8 Å². The molecule has 0 aliphatic carbocycles. The van der Waals surface area contributed by atoms with Crippen molar-refractivity contribution in [1.29, 1.82) is 10.5 Å². The van der Waals surface area contributed by atoms with Crippen LogP contribution < -0.4 is 0 Å². The quantitative estimate of drug-likeness (QED) is 0.469. The summed E-state index contributed by atoms with van der Waals surface area (Å²) in [6.07, 6.45) is 0. The Labute approximate surface area is 49.8 Å². The molecular weight excluding hydrogens is 167 g/mol.